The SMILES string of the molecule is C=C(C)[C@@H]1CC[C@]2(C)C[C@H]1c1c(OC(C)=O)cc(CCCCC)cc1O2. The second-order valence-corrected chi connectivity index (χ2v) is 8.41. The van der Waals surface area contributed by atoms with Gasteiger partial charge in [0.05, 0.1) is 0 Å². The number of esters is 1. The Morgan fingerprint density at radius 1 is 1.35 bits per heavy atom. The van der Waals surface area contributed by atoms with Gasteiger partial charge >= 0.3 is 5.97 Å². The van der Waals surface area contributed by atoms with Crippen LogP contribution in [-0.4, -0.2) is 11.6 Å². The number of hydrogen-bond acceptors (Lipinski definition) is 3. The third-order valence-electron chi connectivity index (χ3n) is 5.97. The van der Waals surface area contributed by atoms with E-state index >= 15 is 0 Å². The molecule has 0 unspecified atom stereocenters. The zero-order chi connectivity index (χ0) is 18.9. The third kappa shape index (κ3) is 3.82. The Bertz CT molecular complexity index is 706. The first-order chi connectivity index (χ1) is 12.3. The molecule has 0 radical (unpaired) electrons. The van der Waals surface area contributed by atoms with Gasteiger partial charge in [0.1, 0.15) is 17.1 Å². The van der Waals surface area contributed by atoms with Crippen molar-refractivity contribution in [3.8, 4) is 11.5 Å². The first kappa shape index (κ1) is 19.0. The molecule has 1 saturated carbocycles. The van der Waals surface area contributed by atoms with Gasteiger partial charge in [-0.2, -0.15) is 0 Å². The highest BCUT2D eigenvalue weighted by Gasteiger charge is 2.46. The van der Waals surface area contributed by atoms with Crippen molar-refractivity contribution in [1.29, 1.82) is 0 Å². The van der Waals surface area contributed by atoms with Gasteiger partial charge in [-0.15, -0.1) is 0 Å². The lowest BCUT2D eigenvalue weighted by atomic mass is 9.65. The predicted octanol–water partition coefficient (Wildman–Crippen LogP) is 5.96. The summed E-state index contributed by atoms with van der Waals surface area (Å²) < 4.78 is 12.1. The summed E-state index contributed by atoms with van der Waals surface area (Å²) in [6.45, 7) is 12.2. The lowest BCUT2D eigenvalue weighted by molar-refractivity contribution is -0.132. The number of carbonyl (C=O) groups is 1. The van der Waals surface area contributed by atoms with Crippen molar-refractivity contribution in [2.75, 3.05) is 0 Å². The van der Waals surface area contributed by atoms with Crippen LogP contribution in [0.15, 0.2) is 24.3 Å². The van der Waals surface area contributed by atoms with Crippen molar-refractivity contribution in [3.63, 3.8) is 0 Å². The van der Waals surface area contributed by atoms with Crippen LogP contribution in [0.25, 0.3) is 0 Å². The van der Waals surface area contributed by atoms with E-state index in [4.69, 9.17) is 9.47 Å². The summed E-state index contributed by atoms with van der Waals surface area (Å²) in [4.78, 5) is 11.7. The molecule has 2 bridgehead atoms. The summed E-state index contributed by atoms with van der Waals surface area (Å²) in [7, 11) is 0. The van der Waals surface area contributed by atoms with Crippen LogP contribution in [0.4, 0.5) is 0 Å². The lowest BCUT2D eigenvalue weighted by Gasteiger charge is -2.48. The summed E-state index contributed by atoms with van der Waals surface area (Å²) in [5.41, 5.74) is 3.36. The average molecular weight is 357 g/mol. The highest BCUT2D eigenvalue weighted by Crippen LogP contribution is 2.55. The molecule has 0 amide bonds. The second-order valence-electron chi connectivity index (χ2n) is 8.41. The van der Waals surface area contributed by atoms with Gasteiger partial charge in [0.2, 0.25) is 0 Å². The molecule has 142 valence electrons. The van der Waals surface area contributed by atoms with Crippen molar-refractivity contribution in [3.05, 3.63) is 35.4 Å². The first-order valence-corrected chi connectivity index (χ1v) is 10.0. The zero-order valence-electron chi connectivity index (χ0n) is 16.7. The molecule has 0 aromatic heterocycles. The van der Waals surface area contributed by atoms with E-state index in [1.165, 1.54) is 30.9 Å². The van der Waals surface area contributed by atoms with Crippen molar-refractivity contribution in [1.82, 2.24) is 0 Å². The molecule has 3 heteroatoms. The minimum Gasteiger partial charge on any atom is -0.487 e. The van der Waals surface area contributed by atoms with Crippen LogP contribution < -0.4 is 9.47 Å². The van der Waals surface area contributed by atoms with Crippen LogP contribution in [0.5, 0.6) is 11.5 Å². The van der Waals surface area contributed by atoms with E-state index in [1.807, 2.05) is 0 Å². The van der Waals surface area contributed by atoms with Gasteiger partial charge in [0.15, 0.2) is 0 Å². The van der Waals surface area contributed by atoms with E-state index in [9.17, 15) is 4.79 Å². The summed E-state index contributed by atoms with van der Waals surface area (Å²) in [5, 5.41) is 0. The quantitative estimate of drug-likeness (QED) is 0.273. The van der Waals surface area contributed by atoms with Gasteiger partial charge in [-0.1, -0.05) is 31.9 Å². The highest BCUT2D eigenvalue weighted by atomic mass is 16.5. The second kappa shape index (κ2) is 7.46. The molecule has 2 aliphatic rings. The van der Waals surface area contributed by atoms with Crippen LogP contribution in [0.1, 0.15) is 83.3 Å². The van der Waals surface area contributed by atoms with Crippen LogP contribution in [0, 0.1) is 5.92 Å². The lowest BCUT2D eigenvalue weighted by Crippen LogP contribution is -2.44. The maximum atomic E-state index is 11.7. The summed E-state index contributed by atoms with van der Waals surface area (Å²) >= 11 is 0. The Kier molecular flexibility index (Phi) is 5.45. The molecule has 1 aliphatic carbocycles. The standard InChI is InChI=1S/C23H32O3/c1-6-7-8-9-17-12-20(25-16(4)24)22-19-14-23(5,26-21(22)13-17)11-10-18(19)15(2)3/h12-13,18-19H,2,6-11,14H2,1,3-5H3/t18-,19+,23+/m0/s1. The van der Waals surface area contributed by atoms with E-state index in [0.29, 0.717) is 17.6 Å². The normalized spacial score (nSPS) is 26.6. The molecule has 3 atom stereocenters. The van der Waals surface area contributed by atoms with Gasteiger partial charge in [0, 0.05) is 18.4 Å². The number of benzene rings is 1. The molecule has 26 heavy (non-hydrogen) atoms. The monoisotopic (exact) mass is 356 g/mol. The molecule has 3 nitrogen and oxygen atoms in total. The van der Waals surface area contributed by atoms with Crippen molar-refractivity contribution in [2.45, 2.75) is 84.2 Å². The largest absolute Gasteiger partial charge is 0.487 e. The van der Waals surface area contributed by atoms with Crippen molar-refractivity contribution in [2.24, 2.45) is 5.92 Å². The fourth-order valence-corrected chi connectivity index (χ4v) is 4.69. The number of allylic oxidation sites excluding steroid dienone is 1. The molecular formula is C23H32O3. The molecule has 0 spiro atoms. The molecule has 1 aromatic rings. The third-order valence-corrected chi connectivity index (χ3v) is 5.97. The minimum absolute atomic E-state index is 0.126. The molecule has 1 fully saturated rings. The molecular weight excluding hydrogens is 324 g/mol. The highest BCUT2D eigenvalue weighted by molar-refractivity contribution is 5.71. The topological polar surface area (TPSA) is 35.5 Å². The van der Waals surface area contributed by atoms with Gasteiger partial charge in [-0.25, -0.2) is 0 Å². The molecule has 0 saturated heterocycles. The fraction of sp³-hybridized carbons (Fsp3) is 0.609. The number of hydrogen-bond donors (Lipinski definition) is 0. The smallest absolute Gasteiger partial charge is 0.308 e. The summed E-state index contributed by atoms with van der Waals surface area (Å²) in [6.07, 6.45) is 7.61. The molecule has 1 aromatic carbocycles. The number of rotatable bonds is 6. The van der Waals surface area contributed by atoms with E-state index in [0.717, 1.165) is 43.4 Å². The van der Waals surface area contributed by atoms with Gasteiger partial charge in [0.25, 0.3) is 0 Å². The van der Waals surface area contributed by atoms with Crippen LogP contribution in [-0.2, 0) is 11.2 Å². The predicted molar refractivity (Wildman–Crippen MR) is 105 cm³/mol. The molecule has 3 rings (SSSR count). The Labute approximate surface area is 157 Å². The summed E-state index contributed by atoms with van der Waals surface area (Å²) in [6, 6.07) is 4.25. The number of ether oxygens (including phenoxy) is 2. The van der Waals surface area contributed by atoms with Crippen LogP contribution in [0.2, 0.25) is 0 Å². The Morgan fingerprint density at radius 2 is 2.12 bits per heavy atom. The first-order valence-electron chi connectivity index (χ1n) is 10.0. The fourth-order valence-electron chi connectivity index (χ4n) is 4.69. The number of unbranched alkanes of at least 4 members (excludes halogenated alkanes) is 2. The maximum absolute atomic E-state index is 11.7. The van der Waals surface area contributed by atoms with E-state index in [-0.39, 0.29) is 11.6 Å². The van der Waals surface area contributed by atoms with Gasteiger partial charge < -0.3 is 9.47 Å². The van der Waals surface area contributed by atoms with E-state index < -0.39 is 0 Å². The van der Waals surface area contributed by atoms with E-state index in [2.05, 4.69) is 39.5 Å². The molecule has 0 N–H and O–H groups in total. The Morgan fingerprint density at radius 3 is 2.77 bits per heavy atom. The van der Waals surface area contributed by atoms with E-state index in [1.54, 1.807) is 0 Å². The number of aryl methyl sites for hydroxylation is 1. The number of carbonyl (C=O) groups excluding carboxylic acids is 1. The minimum atomic E-state index is -0.270. The maximum Gasteiger partial charge on any atom is 0.308 e. The molecule has 1 aliphatic heterocycles. The van der Waals surface area contributed by atoms with Crippen molar-refractivity contribution >= 4 is 5.97 Å². The van der Waals surface area contributed by atoms with Crippen LogP contribution in [0.3, 0.4) is 0 Å². The van der Waals surface area contributed by atoms with Crippen molar-refractivity contribution < 1.29 is 14.3 Å². The van der Waals surface area contributed by atoms with Crippen LogP contribution >= 0.6 is 0 Å². The zero-order valence-corrected chi connectivity index (χ0v) is 16.7. The Hall–Kier alpha value is -1.77. The molecule has 1 heterocycles. The average Bonchev–Trinajstić information content (AvgIpc) is 2.53. The van der Waals surface area contributed by atoms with Gasteiger partial charge in [-0.05, 0) is 69.6 Å². The summed E-state index contributed by atoms with van der Waals surface area (Å²) in [5.74, 6) is 2.08. The Balaban J connectivity index is 2.05. The van der Waals surface area contributed by atoms with Gasteiger partial charge in [-0.3, -0.25) is 4.79 Å². The number of fused-ring (bicyclic) bond motifs is 4.